The van der Waals surface area contributed by atoms with Crippen LogP contribution in [0.3, 0.4) is 0 Å². The molecule has 0 unspecified atom stereocenters. The fraction of sp³-hybridized carbons (Fsp3) is 0.421. The third-order valence-electron chi connectivity index (χ3n) is 11.3. The van der Waals surface area contributed by atoms with Gasteiger partial charge in [-0.2, -0.15) is 83.4 Å². The molecule has 0 bridgehead atoms. The van der Waals surface area contributed by atoms with Gasteiger partial charge >= 0.3 is 28.4 Å². The SMILES string of the molecule is CC(C)(C)C1=[C-]C(C)(C)c2cc3c(cc21)-c1cc2c(cc1C3)C(C)(C)C=C2C(C)(C)C.CC(C)(C)c1cc[c-]cc1.CC(C)(C)c1cc[c-]cc1.Cl.Cl.[C-]1=CC=CC1.[CH2]=[Zr]. The van der Waals surface area contributed by atoms with E-state index in [0.717, 1.165) is 12.8 Å². The van der Waals surface area contributed by atoms with Crippen LogP contribution in [0.5, 0.6) is 0 Å². The summed E-state index contributed by atoms with van der Waals surface area (Å²) >= 11 is 1.30. The van der Waals surface area contributed by atoms with Gasteiger partial charge in [0.15, 0.2) is 0 Å². The number of hydrogen-bond donors (Lipinski definition) is 0. The first kappa shape index (κ1) is 53.3. The molecule has 0 saturated carbocycles. The summed E-state index contributed by atoms with van der Waals surface area (Å²) in [5.41, 5.74) is 18.2. The van der Waals surface area contributed by atoms with Gasteiger partial charge in [0.05, 0.1) is 0 Å². The predicted molar refractivity (Wildman–Crippen MR) is 265 cm³/mol. The average molecular weight is 919 g/mol. The second-order valence-corrected chi connectivity index (χ2v) is 21.3. The summed E-state index contributed by atoms with van der Waals surface area (Å²) in [5, 5.41) is 0. The van der Waals surface area contributed by atoms with E-state index in [4.69, 9.17) is 0 Å². The van der Waals surface area contributed by atoms with Crippen molar-refractivity contribution in [2.75, 3.05) is 0 Å². The summed E-state index contributed by atoms with van der Waals surface area (Å²) in [6.45, 7) is 36.6. The first-order valence-corrected chi connectivity index (χ1v) is 22.8. The molecule has 0 saturated heterocycles. The van der Waals surface area contributed by atoms with Crippen molar-refractivity contribution in [3.8, 4) is 11.1 Å². The Labute approximate surface area is 394 Å². The van der Waals surface area contributed by atoms with Crippen molar-refractivity contribution in [1.29, 1.82) is 0 Å². The molecule has 4 aromatic carbocycles. The monoisotopic (exact) mass is 916 g/mol. The van der Waals surface area contributed by atoms with E-state index in [9.17, 15) is 0 Å². The molecule has 0 aromatic heterocycles. The van der Waals surface area contributed by atoms with Gasteiger partial charge in [0.2, 0.25) is 0 Å². The van der Waals surface area contributed by atoms with E-state index in [-0.39, 0.29) is 57.3 Å². The standard InChI is InChI=1S/C31H37.2C10H13.C5H5.CH2.2ClH.Zr/c1-28(2,3)26-16-30(7,8)24-12-18-11-19-13-25-23(15-21(19)20(18)14-22(24)26)27(29(4,5)6)17-31(25,9)10;2*1-10(2,3)9-7-5-4-6-8-9;1-2-4-5-3-1;;;;/h12-16H,11H2,1-10H3;2*5-8H,1-3H3;1-3H,4H2;1H2;2*1H;/q4*-1;;;;. The zero-order chi connectivity index (χ0) is 43.5. The van der Waals surface area contributed by atoms with Crippen LogP contribution >= 0.6 is 24.8 Å². The predicted octanol–water partition coefficient (Wildman–Crippen LogP) is 16.2. The molecular weight excluding hydrogens is 847 g/mol. The van der Waals surface area contributed by atoms with E-state index in [1.54, 1.807) is 0 Å². The Morgan fingerprint density at radius 3 is 1.37 bits per heavy atom. The minimum atomic E-state index is -0.0202. The van der Waals surface area contributed by atoms with Gasteiger partial charge in [0.1, 0.15) is 0 Å². The maximum absolute atomic E-state index is 3.85. The van der Waals surface area contributed by atoms with E-state index < -0.39 is 0 Å². The van der Waals surface area contributed by atoms with Crippen LogP contribution in [0, 0.1) is 35.1 Å². The normalized spacial score (nSPS) is 15.7. The van der Waals surface area contributed by atoms with Crippen molar-refractivity contribution < 1.29 is 24.2 Å². The van der Waals surface area contributed by atoms with Gasteiger partial charge in [-0.15, -0.1) is 42.9 Å². The van der Waals surface area contributed by atoms with E-state index >= 15 is 0 Å². The van der Waals surface area contributed by atoms with Crippen LogP contribution in [0.1, 0.15) is 162 Å². The number of allylic oxidation sites excluding steroid dienone is 8. The summed E-state index contributed by atoms with van der Waals surface area (Å²) in [4.78, 5) is 0. The number of benzene rings is 4. The fourth-order valence-electron chi connectivity index (χ4n) is 8.06. The first-order valence-electron chi connectivity index (χ1n) is 21.1. The minimum absolute atomic E-state index is 0. The molecule has 0 nitrogen and oxygen atoms in total. The van der Waals surface area contributed by atoms with E-state index in [1.807, 2.05) is 36.4 Å². The van der Waals surface area contributed by atoms with Crippen LogP contribution in [0.15, 0.2) is 97.1 Å². The van der Waals surface area contributed by atoms with Crippen molar-refractivity contribution in [3.05, 3.63) is 166 Å². The zero-order valence-corrected chi connectivity index (χ0v) is 43.8. The molecule has 4 aliphatic carbocycles. The van der Waals surface area contributed by atoms with Gasteiger partial charge in [0.25, 0.3) is 0 Å². The van der Waals surface area contributed by atoms with E-state index in [2.05, 4.69) is 200 Å². The third kappa shape index (κ3) is 12.9. The molecule has 0 fully saturated rings. The Morgan fingerprint density at radius 1 is 0.567 bits per heavy atom. The summed E-state index contributed by atoms with van der Waals surface area (Å²) in [6.07, 6.45) is 17.4. The Morgan fingerprint density at radius 2 is 1.02 bits per heavy atom. The second kappa shape index (κ2) is 20.6. The third-order valence-corrected chi connectivity index (χ3v) is 11.3. The van der Waals surface area contributed by atoms with Crippen molar-refractivity contribution in [2.45, 2.75) is 145 Å². The molecule has 8 rings (SSSR count). The molecule has 0 atom stereocenters. The molecule has 0 amide bonds. The topological polar surface area (TPSA) is 0 Å². The number of fused-ring (bicyclic) bond motifs is 5. The van der Waals surface area contributed by atoms with Crippen molar-refractivity contribution in [2.24, 2.45) is 10.8 Å². The van der Waals surface area contributed by atoms with Crippen LogP contribution in [-0.2, 0) is 52.3 Å². The Bertz CT molecular complexity index is 2010. The molecular formula is C57H72Cl2Zr-4. The van der Waals surface area contributed by atoms with Crippen LogP contribution < -0.4 is 0 Å². The average Bonchev–Trinajstić information content (AvgIpc) is 3.94. The van der Waals surface area contributed by atoms with Gasteiger partial charge in [-0.3, -0.25) is 12.2 Å². The summed E-state index contributed by atoms with van der Waals surface area (Å²) in [5.74, 6) is 0. The van der Waals surface area contributed by atoms with Crippen molar-refractivity contribution >= 4 is 40.2 Å². The first-order chi connectivity index (χ1) is 26.8. The fourth-order valence-corrected chi connectivity index (χ4v) is 8.06. The molecule has 322 valence electrons. The summed E-state index contributed by atoms with van der Waals surface area (Å²) < 4.78 is 3.34. The molecule has 0 spiro atoms. The molecule has 4 aromatic rings. The number of rotatable bonds is 0. The van der Waals surface area contributed by atoms with Gasteiger partial charge < -0.3 is 0 Å². The van der Waals surface area contributed by atoms with Crippen molar-refractivity contribution in [3.63, 3.8) is 0 Å². The molecule has 4 aliphatic rings. The summed E-state index contributed by atoms with van der Waals surface area (Å²) in [6, 6.07) is 32.3. The van der Waals surface area contributed by atoms with Gasteiger partial charge in [-0.1, -0.05) is 134 Å². The molecule has 0 N–H and O–H groups in total. The number of halogens is 2. The molecule has 0 radical (unpaired) electrons. The van der Waals surface area contributed by atoms with Gasteiger partial charge in [-0.25, -0.2) is 17.7 Å². The van der Waals surface area contributed by atoms with Crippen LogP contribution in [0.4, 0.5) is 0 Å². The van der Waals surface area contributed by atoms with E-state index in [1.165, 1.54) is 91.0 Å². The molecule has 0 aliphatic heterocycles. The van der Waals surface area contributed by atoms with E-state index in [0.29, 0.717) is 0 Å². The maximum atomic E-state index is 3.85. The molecule has 0 heterocycles. The Kier molecular flexibility index (Phi) is 18.3. The van der Waals surface area contributed by atoms with Gasteiger partial charge in [0, 0.05) is 5.41 Å². The molecule has 60 heavy (non-hydrogen) atoms. The van der Waals surface area contributed by atoms with Crippen molar-refractivity contribution in [1.82, 2.24) is 0 Å². The van der Waals surface area contributed by atoms with Gasteiger partial charge in [-0.05, 0) is 73.1 Å². The Hall–Kier alpha value is -2.83. The summed E-state index contributed by atoms with van der Waals surface area (Å²) in [7, 11) is 0. The van der Waals surface area contributed by atoms with Crippen LogP contribution in [0.25, 0.3) is 22.3 Å². The quantitative estimate of drug-likeness (QED) is 0.136. The van der Waals surface area contributed by atoms with Crippen LogP contribution in [-0.4, -0.2) is 4.21 Å². The number of hydrogen-bond acceptors (Lipinski definition) is 0. The Balaban J connectivity index is 0.000000349. The van der Waals surface area contributed by atoms with Crippen LogP contribution in [0.2, 0.25) is 0 Å². The zero-order valence-electron chi connectivity index (χ0n) is 39.7. The second-order valence-electron chi connectivity index (χ2n) is 21.3. The molecule has 3 heteroatoms.